The first-order valence-electron chi connectivity index (χ1n) is 7.00. The Hall–Kier alpha value is -3.28. The van der Waals surface area contributed by atoms with Crippen molar-refractivity contribution in [2.24, 2.45) is 7.05 Å². The number of nitrogens with one attached hydrogen (secondary N) is 1. The summed E-state index contributed by atoms with van der Waals surface area (Å²) in [4.78, 5) is 27.3. The van der Waals surface area contributed by atoms with E-state index in [2.05, 4.69) is 15.4 Å². The first kappa shape index (κ1) is 14.6. The van der Waals surface area contributed by atoms with Crippen LogP contribution in [0.15, 0.2) is 65.7 Å². The van der Waals surface area contributed by atoms with Gasteiger partial charge in [0, 0.05) is 36.8 Å². The molecule has 2 aromatic heterocycles. The number of amides is 1. The minimum atomic E-state index is -0.217. The first-order valence-corrected chi connectivity index (χ1v) is 7.00. The second-order valence-corrected chi connectivity index (χ2v) is 4.95. The molecule has 1 N–H and O–H groups in total. The molecule has 0 aliphatic carbocycles. The fourth-order valence-corrected chi connectivity index (χ4v) is 2.08. The predicted molar refractivity (Wildman–Crippen MR) is 87.1 cm³/mol. The van der Waals surface area contributed by atoms with E-state index >= 15 is 0 Å². The molecule has 0 fully saturated rings. The second kappa shape index (κ2) is 6.23. The van der Waals surface area contributed by atoms with E-state index in [1.54, 1.807) is 43.6 Å². The van der Waals surface area contributed by atoms with Gasteiger partial charge in [0.1, 0.15) is 0 Å². The van der Waals surface area contributed by atoms with Crippen LogP contribution in [0.5, 0.6) is 0 Å². The lowest BCUT2D eigenvalue weighted by molar-refractivity contribution is 0.102. The molecule has 0 atom stereocenters. The summed E-state index contributed by atoms with van der Waals surface area (Å²) in [6, 6.07) is 13.8. The van der Waals surface area contributed by atoms with Gasteiger partial charge in [0.05, 0.1) is 11.3 Å². The fourth-order valence-electron chi connectivity index (χ4n) is 2.08. The summed E-state index contributed by atoms with van der Waals surface area (Å²) < 4.78 is 1.29. The van der Waals surface area contributed by atoms with Gasteiger partial charge in [-0.1, -0.05) is 12.1 Å². The lowest BCUT2D eigenvalue weighted by Crippen LogP contribution is -2.18. The molecule has 3 aromatic rings. The molecule has 0 bridgehead atoms. The lowest BCUT2D eigenvalue weighted by Gasteiger charge is -2.07. The van der Waals surface area contributed by atoms with Crippen molar-refractivity contribution in [3.8, 4) is 11.3 Å². The Bertz CT molecular complexity index is 886. The van der Waals surface area contributed by atoms with Crippen molar-refractivity contribution in [1.82, 2.24) is 14.8 Å². The van der Waals surface area contributed by atoms with Crippen LogP contribution in [0.4, 0.5) is 5.69 Å². The van der Waals surface area contributed by atoms with Crippen LogP contribution in [0.2, 0.25) is 0 Å². The van der Waals surface area contributed by atoms with Gasteiger partial charge in [-0.2, -0.15) is 5.10 Å². The van der Waals surface area contributed by atoms with Gasteiger partial charge in [0.2, 0.25) is 0 Å². The molecule has 3 rings (SSSR count). The molecule has 0 saturated heterocycles. The molecular weight excluding hydrogens is 292 g/mol. The number of rotatable bonds is 3. The Morgan fingerprint density at radius 1 is 1.09 bits per heavy atom. The zero-order chi connectivity index (χ0) is 16.2. The third-order valence-electron chi connectivity index (χ3n) is 3.32. The number of anilines is 1. The quantitative estimate of drug-likeness (QED) is 0.804. The SMILES string of the molecule is Cn1nc(-c2ccc(NC(=O)c3cccnc3)cc2)ccc1=O. The van der Waals surface area contributed by atoms with Gasteiger partial charge >= 0.3 is 0 Å². The molecule has 0 aliphatic heterocycles. The van der Waals surface area contributed by atoms with E-state index < -0.39 is 0 Å². The maximum Gasteiger partial charge on any atom is 0.266 e. The molecular formula is C17H14N4O2. The Balaban J connectivity index is 1.78. The summed E-state index contributed by atoms with van der Waals surface area (Å²) in [5.74, 6) is -0.217. The number of carbonyl (C=O) groups excluding carboxylic acids is 1. The maximum atomic E-state index is 12.0. The van der Waals surface area contributed by atoms with Crippen LogP contribution in [0.3, 0.4) is 0 Å². The third-order valence-corrected chi connectivity index (χ3v) is 3.32. The fraction of sp³-hybridized carbons (Fsp3) is 0.0588. The van der Waals surface area contributed by atoms with Gasteiger partial charge in [-0.15, -0.1) is 0 Å². The van der Waals surface area contributed by atoms with Crippen molar-refractivity contribution < 1.29 is 4.79 Å². The number of hydrogen-bond donors (Lipinski definition) is 1. The molecule has 6 heteroatoms. The second-order valence-electron chi connectivity index (χ2n) is 4.95. The van der Waals surface area contributed by atoms with Crippen molar-refractivity contribution in [3.63, 3.8) is 0 Å². The lowest BCUT2D eigenvalue weighted by atomic mass is 10.1. The Labute approximate surface area is 132 Å². The van der Waals surface area contributed by atoms with E-state index in [0.29, 0.717) is 16.9 Å². The summed E-state index contributed by atoms with van der Waals surface area (Å²) in [5, 5.41) is 6.99. The smallest absolute Gasteiger partial charge is 0.266 e. The molecule has 1 aromatic carbocycles. The van der Waals surface area contributed by atoms with Gasteiger partial charge in [-0.05, 0) is 30.3 Å². The number of carbonyl (C=O) groups is 1. The minimum absolute atomic E-state index is 0.158. The highest BCUT2D eigenvalue weighted by molar-refractivity contribution is 6.04. The maximum absolute atomic E-state index is 12.0. The van der Waals surface area contributed by atoms with Crippen LogP contribution in [0.25, 0.3) is 11.3 Å². The van der Waals surface area contributed by atoms with Gasteiger partial charge in [0.25, 0.3) is 11.5 Å². The van der Waals surface area contributed by atoms with Crippen LogP contribution in [0, 0.1) is 0 Å². The summed E-state index contributed by atoms with van der Waals surface area (Å²) in [6.07, 6.45) is 3.13. The average molecular weight is 306 g/mol. The molecule has 6 nitrogen and oxygen atoms in total. The molecule has 0 saturated carbocycles. The molecule has 0 spiro atoms. The van der Waals surface area contributed by atoms with Gasteiger partial charge in [0.15, 0.2) is 0 Å². The Morgan fingerprint density at radius 3 is 2.52 bits per heavy atom. The summed E-state index contributed by atoms with van der Waals surface area (Å²) in [6.45, 7) is 0. The van der Waals surface area contributed by atoms with Crippen molar-refractivity contribution in [3.05, 3.63) is 76.8 Å². The molecule has 1 amide bonds. The highest BCUT2D eigenvalue weighted by Gasteiger charge is 2.06. The normalized spacial score (nSPS) is 10.3. The van der Waals surface area contributed by atoms with Crippen molar-refractivity contribution in [2.75, 3.05) is 5.32 Å². The van der Waals surface area contributed by atoms with Gasteiger partial charge in [-0.3, -0.25) is 14.6 Å². The van der Waals surface area contributed by atoms with Crippen LogP contribution in [0.1, 0.15) is 10.4 Å². The van der Waals surface area contributed by atoms with Gasteiger partial charge < -0.3 is 5.32 Å². The standard InChI is InChI=1S/C17H14N4O2/c1-21-16(22)9-8-15(20-21)12-4-6-14(7-5-12)19-17(23)13-3-2-10-18-11-13/h2-11H,1H3,(H,19,23). The van der Waals surface area contributed by atoms with E-state index in [-0.39, 0.29) is 11.5 Å². The molecule has 0 unspecified atom stereocenters. The number of pyridine rings is 1. The molecule has 23 heavy (non-hydrogen) atoms. The number of aryl methyl sites for hydroxylation is 1. The van der Waals surface area contributed by atoms with E-state index in [1.165, 1.54) is 16.9 Å². The first-order chi connectivity index (χ1) is 11.1. The van der Waals surface area contributed by atoms with Gasteiger partial charge in [-0.25, -0.2) is 4.68 Å². The summed E-state index contributed by atoms with van der Waals surface area (Å²) >= 11 is 0. The molecule has 0 aliphatic rings. The van der Waals surface area contributed by atoms with Crippen LogP contribution in [-0.4, -0.2) is 20.7 Å². The van der Waals surface area contributed by atoms with Crippen molar-refractivity contribution >= 4 is 11.6 Å². The summed E-state index contributed by atoms with van der Waals surface area (Å²) in [7, 11) is 1.61. The van der Waals surface area contributed by atoms with Crippen molar-refractivity contribution in [1.29, 1.82) is 0 Å². The van der Waals surface area contributed by atoms with Crippen LogP contribution < -0.4 is 10.9 Å². The van der Waals surface area contributed by atoms with E-state index in [0.717, 1.165) is 5.56 Å². The van der Waals surface area contributed by atoms with E-state index in [1.807, 2.05) is 12.1 Å². The predicted octanol–water partition coefficient (Wildman–Crippen LogP) is 2.09. The van der Waals surface area contributed by atoms with Crippen LogP contribution >= 0.6 is 0 Å². The minimum Gasteiger partial charge on any atom is -0.322 e. The monoisotopic (exact) mass is 306 g/mol. The molecule has 2 heterocycles. The van der Waals surface area contributed by atoms with E-state index in [9.17, 15) is 9.59 Å². The van der Waals surface area contributed by atoms with E-state index in [4.69, 9.17) is 0 Å². The highest BCUT2D eigenvalue weighted by atomic mass is 16.1. The molecule has 114 valence electrons. The largest absolute Gasteiger partial charge is 0.322 e. The zero-order valence-electron chi connectivity index (χ0n) is 12.4. The average Bonchev–Trinajstić information content (AvgIpc) is 2.59. The molecule has 0 radical (unpaired) electrons. The zero-order valence-corrected chi connectivity index (χ0v) is 12.4. The number of hydrogen-bond acceptors (Lipinski definition) is 4. The summed E-state index contributed by atoms with van der Waals surface area (Å²) in [5.41, 5.74) is 2.56. The topological polar surface area (TPSA) is 76.9 Å². The Morgan fingerprint density at radius 2 is 1.87 bits per heavy atom. The highest BCUT2D eigenvalue weighted by Crippen LogP contribution is 2.18. The van der Waals surface area contributed by atoms with Crippen LogP contribution in [-0.2, 0) is 7.05 Å². The number of aromatic nitrogens is 3. The Kier molecular flexibility index (Phi) is 3.97. The number of benzene rings is 1. The van der Waals surface area contributed by atoms with Crippen molar-refractivity contribution in [2.45, 2.75) is 0 Å². The number of nitrogens with zero attached hydrogens (tertiary/aromatic N) is 3. The third kappa shape index (κ3) is 3.32.